The molecule has 2 aliphatic rings. The zero-order valence-corrected chi connectivity index (χ0v) is 14.5. The molecular weight excluding hydrogens is 345 g/mol. The number of para-hydroxylation sites is 1. The van der Waals surface area contributed by atoms with Gasteiger partial charge in [0.25, 0.3) is 0 Å². The van der Waals surface area contributed by atoms with Crippen LogP contribution in [0.15, 0.2) is 82.7 Å². The first-order valence-electron chi connectivity index (χ1n) is 8.46. The number of carbonyl (C=O) groups is 1. The van der Waals surface area contributed by atoms with E-state index in [0.29, 0.717) is 11.1 Å². The topological polar surface area (TPSA) is 29.4 Å². The molecule has 1 aliphatic heterocycles. The maximum absolute atomic E-state index is 14.6. The van der Waals surface area contributed by atoms with E-state index in [2.05, 4.69) is 0 Å². The fraction of sp³-hybridized carbons (Fsp3) is 0.0909. The molecular formula is C22H14FNOS. The molecule has 3 aromatic carbocycles. The number of carbonyl (C=O) groups excluding carboxylic acids is 1. The molecule has 5 rings (SSSR count). The van der Waals surface area contributed by atoms with E-state index >= 15 is 0 Å². The molecule has 0 amide bonds. The normalized spacial score (nSPS) is 20.7. The maximum Gasteiger partial charge on any atom is 0.174 e. The van der Waals surface area contributed by atoms with E-state index in [1.807, 2.05) is 54.6 Å². The fourth-order valence-electron chi connectivity index (χ4n) is 3.72. The molecule has 0 fully saturated rings. The van der Waals surface area contributed by atoms with Crippen molar-refractivity contribution in [1.29, 1.82) is 0 Å². The first kappa shape index (κ1) is 15.5. The van der Waals surface area contributed by atoms with Crippen molar-refractivity contribution in [3.63, 3.8) is 0 Å². The number of thioether (sulfide) groups is 1. The van der Waals surface area contributed by atoms with E-state index in [0.717, 1.165) is 21.9 Å². The quantitative estimate of drug-likeness (QED) is 0.565. The van der Waals surface area contributed by atoms with E-state index in [1.165, 1.54) is 17.8 Å². The third-order valence-corrected chi connectivity index (χ3v) is 6.30. The van der Waals surface area contributed by atoms with Gasteiger partial charge in [0, 0.05) is 21.6 Å². The van der Waals surface area contributed by atoms with E-state index in [9.17, 15) is 9.18 Å². The van der Waals surface area contributed by atoms with Gasteiger partial charge in [0.1, 0.15) is 5.82 Å². The van der Waals surface area contributed by atoms with Crippen molar-refractivity contribution >= 4 is 28.9 Å². The van der Waals surface area contributed by atoms with Crippen LogP contribution in [0.1, 0.15) is 26.7 Å². The number of rotatable bonds is 1. The average molecular weight is 359 g/mol. The first-order valence-corrected chi connectivity index (χ1v) is 9.34. The number of benzene rings is 3. The molecule has 0 unspecified atom stereocenters. The van der Waals surface area contributed by atoms with Crippen LogP contribution in [-0.2, 0) is 0 Å². The Bertz CT molecular complexity index is 1070. The van der Waals surface area contributed by atoms with Crippen LogP contribution in [0.2, 0.25) is 0 Å². The summed E-state index contributed by atoms with van der Waals surface area (Å²) >= 11 is 1.52. The van der Waals surface area contributed by atoms with Gasteiger partial charge >= 0.3 is 0 Å². The van der Waals surface area contributed by atoms with E-state index in [1.54, 1.807) is 12.1 Å². The molecule has 126 valence electrons. The summed E-state index contributed by atoms with van der Waals surface area (Å²) in [6.45, 7) is 0. The highest BCUT2D eigenvalue weighted by Crippen LogP contribution is 2.51. The number of ketones is 1. The molecule has 0 bridgehead atoms. The zero-order chi connectivity index (χ0) is 17.7. The molecule has 3 aromatic rings. The lowest BCUT2D eigenvalue weighted by Gasteiger charge is -2.22. The van der Waals surface area contributed by atoms with Crippen LogP contribution >= 0.6 is 11.8 Å². The van der Waals surface area contributed by atoms with Crippen molar-refractivity contribution in [2.75, 3.05) is 0 Å². The number of hydrogen-bond donors (Lipinski definition) is 0. The Morgan fingerprint density at radius 2 is 1.54 bits per heavy atom. The SMILES string of the molecule is O=C1c2ccccc2C2=Nc3ccccc3S[C@H](c3ccccc3F)[C@H]12. The number of Topliss-reactive ketones (excluding diaryl/α,β-unsaturated/α-hetero) is 1. The van der Waals surface area contributed by atoms with Gasteiger partial charge in [0.2, 0.25) is 0 Å². The number of hydrogen-bond acceptors (Lipinski definition) is 3. The van der Waals surface area contributed by atoms with Crippen LogP contribution in [0.3, 0.4) is 0 Å². The molecule has 0 saturated carbocycles. The van der Waals surface area contributed by atoms with Crippen LogP contribution in [0.5, 0.6) is 0 Å². The van der Waals surface area contributed by atoms with Gasteiger partial charge in [-0.25, -0.2) is 4.39 Å². The monoisotopic (exact) mass is 359 g/mol. The summed E-state index contributed by atoms with van der Waals surface area (Å²) in [5.41, 5.74) is 3.67. The molecule has 26 heavy (non-hydrogen) atoms. The lowest BCUT2D eigenvalue weighted by molar-refractivity contribution is 0.0960. The molecule has 0 saturated heterocycles. The summed E-state index contributed by atoms with van der Waals surface area (Å²) in [7, 11) is 0. The first-order chi connectivity index (χ1) is 12.7. The van der Waals surface area contributed by atoms with Crippen molar-refractivity contribution in [2.24, 2.45) is 10.9 Å². The van der Waals surface area contributed by atoms with Crippen LogP contribution in [0.25, 0.3) is 0 Å². The van der Waals surface area contributed by atoms with Crippen molar-refractivity contribution in [3.05, 3.63) is 95.3 Å². The molecule has 2 atom stereocenters. The summed E-state index contributed by atoms with van der Waals surface area (Å²) in [6.07, 6.45) is 0. The number of halogens is 1. The second kappa shape index (κ2) is 5.92. The average Bonchev–Trinajstić information content (AvgIpc) is 2.84. The highest BCUT2D eigenvalue weighted by molar-refractivity contribution is 7.99. The third kappa shape index (κ3) is 2.26. The summed E-state index contributed by atoms with van der Waals surface area (Å²) < 4.78 is 14.6. The summed E-state index contributed by atoms with van der Waals surface area (Å²) in [5.74, 6) is -0.748. The predicted molar refractivity (Wildman–Crippen MR) is 102 cm³/mol. The van der Waals surface area contributed by atoms with Crippen LogP contribution in [0.4, 0.5) is 10.1 Å². The summed E-state index contributed by atoms with van der Waals surface area (Å²) in [5, 5.41) is -0.349. The molecule has 0 N–H and O–H groups in total. The molecule has 1 aliphatic carbocycles. The lowest BCUT2D eigenvalue weighted by atomic mass is 9.93. The largest absolute Gasteiger partial charge is 0.293 e. The Morgan fingerprint density at radius 1 is 0.846 bits per heavy atom. The minimum Gasteiger partial charge on any atom is -0.293 e. The van der Waals surface area contributed by atoms with Crippen molar-refractivity contribution in [1.82, 2.24) is 0 Å². The number of fused-ring (bicyclic) bond motifs is 4. The van der Waals surface area contributed by atoms with Crippen LogP contribution in [-0.4, -0.2) is 11.5 Å². The van der Waals surface area contributed by atoms with Crippen molar-refractivity contribution in [3.8, 4) is 0 Å². The molecule has 4 heteroatoms. The highest BCUT2D eigenvalue weighted by Gasteiger charge is 2.44. The lowest BCUT2D eigenvalue weighted by Crippen LogP contribution is -2.22. The van der Waals surface area contributed by atoms with Gasteiger partial charge in [0.05, 0.1) is 22.6 Å². The van der Waals surface area contributed by atoms with Gasteiger partial charge in [-0.15, -0.1) is 11.8 Å². The maximum atomic E-state index is 14.6. The zero-order valence-electron chi connectivity index (χ0n) is 13.7. The smallest absolute Gasteiger partial charge is 0.174 e. The Labute approximate surface area is 154 Å². The number of aliphatic imine (C=N–C) groups is 1. The Balaban J connectivity index is 1.78. The Morgan fingerprint density at radius 3 is 2.38 bits per heavy atom. The Kier molecular flexibility index (Phi) is 3.54. The molecule has 0 spiro atoms. The minimum atomic E-state index is -0.485. The van der Waals surface area contributed by atoms with Gasteiger partial charge in [0.15, 0.2) is 5.78 Å². The van der Waals surface area contributed by atoms with E-state index in [4.69, 9.17) is 4.99 Å². The van der Waals surface area contributed by atoms with E-state index < -0.39 is 5.92 Å². The van der Waals surface area contributed by atoms with Gasteiger partial charge in [-0.2, -0.15) is 0 Å². The Hall–Kier alpha value is -2.72. The van der Waals surface area contributed by atoms with Gasteiger partial charge in [-0.3, -0.25) is 9.79 Å². The number of nitrogens with zero attached hydrogens (tertiary/aromatic N) is 1. The third-order valence-electron chi connectivity index (χ3n) is 4.92. The van der Waals surface area contributed by atoms with Gasteiger partial charge < -0.3 is 0 Å². The molecule has 0 aromatic heterocycles. The predicted octanol–water partition coefficient (Wildman–Crippen LogP) is 5.61. The second-order valence-corrected chi connectivity index (χ2v) is 7.60. The molecule has 0 radical (unpaired) electrons. The fourth-order valence-corrected chi connectivity index (χ4v) is 5.10. The van der Waals surface area contributed by atoms with Gasteiger partial charge in [-0.05, 0) is 18.2 Å². The van der Waals surface area contributed by atoms with Crippen LogP contribution < -0.4 is 0 Å². The van der Waals surface area contributed by atoms with Gasteiger partial charge in [-0.1, -0.05) is 54.6 Å². The minimum absolute atomic E-state index is 0.0212. The molecule has 1 heterocycles. The molecule has 2 nitrogen and oxygen atoms in total. The standard InChI is InChI=1S/C22H14FNOS/c23-16-10-4-3-9-15(16)22-19-20(13-7-1-2-8-14(13)21(19)25)24-17-11-5-6-12-18(17)26-22/h1-12,19,22H/t19-,22+/m0/s1. The highest BCUT2D eigenvalue weighted by atomic mass is 32.2. The van der Waals surface area contributed by atoms with Crippen molar-refractivity contribution in [2.45, 2.75) is 10.1 Å². The summed E-state index contributed by atoms with van der Waals surface area (Å²) in [4.78, 5) is 19.0. The van der Waals surface area contributed by atoms with Crippen molar-refractivity contribution < 1.29 is 9.18 Å². The second-order valence-electron chi connectivity index (χ2n) is 6.41. The summed E-state index contributed by atoms with van der Waals surface area (Å²) in [6, 6.07) is 22.1. The van der Waals surface area contributed by atoms with Crippen LogP contribution in [0, 0.1) is 11.7 Å². The van der Waals surface area contributed by atoms with E-state index in [-0.39, 0.29) is 16.9 Å².